The van der Waals surface area contributed by atoms with Crippen molar-refractivity contribution >= 4 is 28.2 Å². The third-order valence-electron chi connectivity index (χ3n) is 4.68. The normalized spacial score (nSPS) is 10.6. The molecule has 0 unspecified atom stereocenters. The number of pyridine rings is 1. The van der Waals surface area contributed by atoms with Crippen LogP contribution in [0.4, 0.5) is 14.5 Å². The van der Waals surface area contributed by atoms with Crippen LogP contribution < -0.4 is 5.43 Å². The van der Waals surface area contributed by atoms with Crippen LogP contribution in [0.1, 0.15) is 5.56 Å². The standard InChI is InChI=1S/C23H10ClF2N3O/c1-28-14-5-3-13(4-6-14)21-17(25)9-19-22(23(21)26)20(30)10-18(29-19)15-8-12(11-27)2-7-16(15)24/h2-10H,(H,29,30). The summed E-state index contributed by atoms with van der Waals surface area (Å²) in [6, 6.07) is 14.5. The Kier molecular flexibility index (Phi) is 4.79. The molecule has 0 saturated heterocycles. The van der Waals surface area contributed by atoms with Crippen LogP contribution >= 0.6 is 11.6 Å². The van der Waals surface area contributed by atoms with Crippen molar-refractivity contribution in [3.63, 3.8) is 0 Å². The first kappa shape index (κ1) is 19.3. The highest BCUT2D eigenvalue weighted by Crippen LogP contribution is 2.33. The SMILES string of the molecule is [C-]#[N+]c1ccc(-c2c(F)cc3[nH]c(-c4cc(C#N)ccc4Cl)cc(=O)c3c2F)cc1. The van der Waals surface area contributed by atoms with Gasteiger partial charge < -0.3 is 4.98 Å². The second kappa shape index (κ2) is 7.44. The van der Waals surface area contributed by atoms with Gasteiger partial charge in [0.2, 0.25) is 0 Å². The minimum absolute atomic E-state index is 0.0348. The van der Waals surface area contributed by atoms with E-state index in [9.17, 15) is 9.18 Å². The lowest BCUT2D eigenvalue weighted by atomic mass is 10.00. The second-order valence-corrected chi connectivity index (χ2v) is 6.89. The number of fused-ring (bicyclic) bond motifs is 1. The Labute approximate surface area is 174 Å². The quantitative estimate of drug-likeness (QED) is 0.394. The molecule has 4 nitrogen and oxygen atoms in total. The van der Waals surface area contributed by atoms with Crippen molar-refractivity contribution in [3.8, 4) is 28.5 Å². The molecule has 4 rings (SSSR count). The summed E-state index contributed by atoms with van der Waals surface area (Å²) in [5, 5.41) is 9.07. The summed E-state index contributed by atoms with van der Waals surface area (Å²) in [6.07, 6.45) is 0. The van der Waals surface area contributed by atoms with Crippen molar-refractivity contribution in [2.45, 2.75) is 0 Å². The topological polar surface area (TPSA) is 61.0 Å². The first-order chi connectivity index (χ1) is 14.4. The maximum atomic E-state index is 15.2. The summed E-state index contributed by atoms with van der Waals surface area (Å²) in [7, 11) is 0. The average molecular weight is 418 g/mol. The first-order valence-electron chi connectivity index (χ1n) is 8.66. The molecule has 0 atom stereocenters. The summed E-state index contributed by atoms with van der Waals surface area (Å²) >= 11 is 6.18. The van der Waals surface area contributed by atoms with Gasteiger partial charge in [0.1, 0.15) is 11.6 Å². The van der Waals surface area contributed by atoms with Crippen molar-refractivity contribution in [2.24, 2.45) is 0 Å². The molecule has 0 saturated carbocycles. The zero-order valence-electron chi connectivity index (χ0n) is 15.1. The molecule has 0 radical (unpaired) electrons. The summed E-state index contributed by atoms with van der Waals surface area (Å²) in [6.45, 7) is 6.98. The maximum absolute atomic E-state index is 15.2. The largest absolute Gasteiger partial charge is 0.354 e. The maximum Gasteiger partial charge on any atom is 0.193 e. The number of H-pyrrole nitrogens is 1. The first-order valence-corrected chi connectivity index (χ1v) is 9.03. The molecule has 7 heteroatoms. The zero-order chi connectivity index (χ0) is 21.4. The highest BCUT2D eigenvalue weighted by atomic mass is 35.5. The number of hydrogen-bond donors (Lipinski definition) is 1. The van der Waals surface area contributed by atoms with Crippen molar-refractivity contribution in [2.75, 3.05) is 0 Å². The van der Waals surface area contributed by atoms with Gasteiger partial charge in [-0.05, 0) is 29.8 Å². The Morgan fingerprint density at radius 3 is 2.47 bits per heavy atom. The van der Waals surface area contributed by atoms with E-state index in [0.717, 1.165) is 12.1 Å². The third kappa shape index (κ3) is 3.20. The fourth-order valence-electron chi connectivity index (χ4n) is 3.26. The van der Waals surface area contributed by atoms with E-state index in [1.807, 2.05) is 6.07 Å². The van der Waals surface area contributed by atoms with Crippen LogP contribution in [0.15, 0.2) is 59.4 Å². The lowest BCUT2D eigenvalue weighted by Crippen LogP contribution is -2.07. The van der Waals surface area contributed by atoms with Gasteiger partial charge in [-0.3, -0.25) is 4.79 Å². The van der Waals surface area contributed by atoms with E-state index in [0.29, 0.717) is 16.8 Å². The molecular formula is C23H10ClF2N3O. The predicted molar refractivity (Wildman–Crippen MR) is 111 cm³/mol. The van der Waals surface area contributed by atoms with Crippen LogP contribution in [0.5, 0.6) is 0 Å². The molecule has 144 valence electrons. The van der Waals surface area contributed by atoms with E-state index in [4.69, 9.17) is 23.4 Å². The second-order valence-electron chi connectivity index (χ2n) is 6.48. The van der Waals surface area contributed by atoms with Gasteiger partial charge in [0.05, 0.1) is 40.4 Å². The smallest absolute Gasteiger partial charge is 0.193 e. The molecule has 0 bridgehead atoms. The fourth-order valence-corrected chi connectivity index (χ4v) is 3.48. The number of halogens is 3. The molecule has 30 heavy (non-hydrogen) atoms. The van der Waals surface area contributed by atoms with E-state index in [2.05, 4.69) is 9.83 Å². The van der Waals surface area contributed by atoms with Gasteiger partial charge in [-0.15, -0.1) is 0 Å². The number of nitrogens with zero attached hydrogens (tertiary/aromatic N) is 2. The molecule has 0 fully saturated rings. The molecule has 0 aliphatic rings. The third-order valence-corrected chi connectivity index (χ3v) is 5.01. The Morgan fingerprint density at radius 1 is 1.07 bits per heavy atom. The van der Waals surface area contributed by atoms with Gasteiger partial charge in [0.15, 0.2) is 11.1 Å². The van der Waals surface area contributed by atoms with Gasteiger partial charge in [0.25, 0.3) is 0 Å². The van der Waals surface area contributed by atoms with Crippen LogP contribution in [0, 0.1) is 29.5 Å². The summed E-state index contributed by atoms with van der Waals surface area (Å²) in [5.74, 6) is -1.86. The zero-order valence-corrected chi connectivity index (χ0v) is 15.9. The summed E-state index contributed by atoms with van der Waals surface area (Å²) in [4.78, 5) is 18.8. The number of nitriles is 1. The highest BCUT2D eigenvalue weighted by molar-refractivity contribution is 6.33. The van der Waals surface area contributed by atoms with Crippen LogP contribution in [0.3, 0.4) is 0 Å². The number of benzene rings is 3. The van der Waals surface area contributed by atoms with Crippen molar-refractivity contribution in [3.05, 3.63) is 98.5 Å². The Bertz CT molecular complexity index is 1460. The highest BCUT2D eigenvalue weighted by Gasteiger charge is 2.19. The average Bonchev–Trinajstić information content (AvgIpc) is 2.74. The molecule has 1 heterocycles. The van der Waals surface area contributed by atoms with E-state index >= 15 is 4.39 Å². The Morgan fingerprint density at radius 2 is 1.80 bits per heavy atom. The molecular weight excluding hydrogens is 408 g/mol. The molecule has 3 aromatic carbocycles. The van der Waals surface area contributed by atoms with Gasteiger partial charge in [-0.25, -0.2) is 13.6 Å². The molecule has 0 spiro atoms. The van der Waals surface area contributed by atoms with E-state index in [-0.39, 0.29) is 32.7 Å². The number of aromatic nitrogens is 1. The number of rotatable bonds is 2. The molecule has 1 aromatic heterocycles. The number of aromatic amines is 1. The van der Waals surface area contributed by atoms with E-state index in [1.54, 1.807) is 0 Å². The van der Waals surface area contributed by atoms with Gasteiger partial charge in [0, 0.05) is 16.7 Å². The Balaban J connectivity index is 1.96. The molecule has 4 aromatic rings. The Hall–Kier alpha value is -4.00. The van der Waals surface area contributed by atoms with Crippen LogP contribution in [-0.2, 0) is 0 Å². The van der Waals surface area contributed by atoms with Crippen LogP contribution in [0.2, 0.25) is 5.02 Å². The molecule has 1 N–H and O–H groups in total. The lowest BCUT2D eigenvalue weighted by Gasteiger charge is -2.11. The van der Waals surface area contributed by atoms with Crippen molar-refractivity contribution in [1.82, 2.24) is 4.98 Å². The lowest BCUT2D eigenvalue weighted by molar-refractivity contribution is 0.597. The summed E-state index contributed by atoms with van der Waals surface area (Å²) in [5.41, 5.74) is 0.442. The van der Waals surface area contributed by atoms with E-state index < -0.39 is 17.1 Å². The monoisotopic (exact) mass is 417 g/mol. The fraction of sp³-hybridized carbons (Fsp3) is 0. The number of hydrogen-bond acceptors (Lipinski definition) is 2. The van der Waals surface area contributed by atoms with Crippen molar-refractivity contribution in [1.29, 1.82) is 5.26 Å². The van der Waals surface area contributed by atoms with Crippen LogP contribution in [0.25, 0.3) is 38.1 Å². The van der Waals surface area contributed by atoms with E-state index in [1.165, 1.54) is 42.5 Å². The number of nitrogens with one attached hydrogen (secondary N) is 1. The summed E-state index contributed by atoms with van der Waals surface area (Å²) < 4.78 is 30.0. The van der Waals surface area contributed by atoms with Gasteiger partial charge in [-0.2, -0.15) is 5.26 Å². The molecule has 0 aliphatic carbocycles. The molecule has 0 aliphatic heterocycles. The predicted octanol–water partition coefficient (Wildman–Crippen LogP) is 6.22. The van der Waals surface area contributed by atoms with Crippen LogP contribution in [-0.4, -0.2) is 4.98 Å². The van der Waals surface area contributed by atoms with Crippen molar-refractivity contribution < 1.29 is 8.78 Å². The van der Waals surface area contributed by atoms with Gasteiger partial charge in [-0.1, -0.05) is 35.9 Å². The van der Waals surface area contributed by atoms with Gasteiger partial charge >= 0.3 is 0 Å². The minimum Gasteiger partial charge on any atom is -0.354 e. The molecule has 0 amide bonds. The minimum atomic E-state index is -0.995.